The molecule has 0 aliphatic heterocycles. The van der Waals surface area contributed by atoms with E-state index in [1.807, 2.05) is 5.32 Å². The van der Waals surface area contributed by atoms with E-state index in [0.717, 1.165) is 18.2 Å². The molecule has 0 spiro atoms. The normalized spacial score (nSPS) is 11.9. The van der Waals surface area contributed by atoms with Crippen molar-refractivity contribution in [2.45, 2.75) is 18.9 Å². The average Bonchev–Trinajstić information content (AvgIpc) is 2.21. The zero-order valence-corrected chi connectivity index (χ0v) is 9.19. The van der Waals surface area contributed by atoms with Crippen LogP contribution in [0.15, 0.2) is 18.2 Å². The minimum Gasteiger partial charge on any atom is -0.481 e. The summed E-state index contributed by atoms with van der Waals surface area (Å²) in [7, 11) is 0. The lowest BCUT2D eigenvalue weighted by Crippen LogP contribution is -2.37. The van der Waals surface area contributed by atoms with Crippen molar-refractivity contribution in [1.29, 1.82) is 0 Å². The monoisotopic (exact) mass is 259 g/mol. The van der Waals surface area contributed by atoms with E-state index in [2.05, 4.69) is 0 Å². The van der Waals surface area contributed by atoms with Gasteiger partial charge < -0.3 is 15.5 Å². The topological polar surface area (TPSA) is 86.6 Å². The maximum absolute atomic E-state index is 13.3. The van der Waals surface area contributed by atoms with E-state index in [4.69, 9.17) is 10.2 Å². The van der Waals surface area contributed by atoms with Gasteiger partial charge in [-0.25, -0.2) is 13.6 Å². The van der Waals surface area contributed by atoms with Crippen molar-refractivity contribution in [1.82, 2.24) is 5.32 Å². The van der Waals surface area contributed by atoms with Crippen molar-refractivity contribution < 1.29 is 28.6 Å². The van der Waals surface area contributed by atoms with Crippen LogP contribution in [-0.4, -0.2) is 28.3 Å². The predicted molar refractivity (Wildman–Crippen MR) is 57.3 cm³/mol. The van der Waals surface area contributed by atoms with Gasteiger partial charge in [0, 0.05) is 6.04 Å². The van der Waals surface area contributed by atoms with Gasteiger partial charge in [-0.05, 0) is 30.2 Å². The van der Waals surface area contributed by atoms with Gasteiger partial charge in [-0.15, -0.1) is 0 Å². The number of amides is 1. The Morgan fingerprint density at radius 1 is 1.28 bits per heavy atom. The second kappa shape index (κ2) is 5.95. The number of carboxylic acids is 1. The van der Waals surface area contributed by atoms with Gasteiger partial charge in [0.1, 0.15) is 11.6 Å². The Balaban J connectivity index is 2.84. The highest BCUT2D eigenvalue weighted by Gasteiger charge is 2.18. The highest BCUT2D eigenvalue weighted by Crippen LogP contribution is 2.13. The van der Waals surface area contributed by atoms with Crippen LogP contribution in [0.1, 0.15) is 12.0 Å². The first-order chi connectivity index (χ1) is 8.38. The summed E-state index contributed by atoms with van der Waals surface area (Å²) >= 11 is 0. The number of rotatable bonds is 5. The molecule has 1 aromatic rings. The Bertz CT molecular complexity index is 448. The molecule has 5 nitrogen and oxygen atoms in total. The van der Waals surface area contributed by atoms with Crippen molar-refractivity contribution in [2.75, 3.05) is 0 Å². The third kappa shape index (κ3) is 4.36. The molecule has 0 heterocycles. The second-order valence-electron chi connectivity index (χ2n) is 3.68. The molecule has 0 saturated carbocycles. The van der Waals surface area contributed by atoms with Gasteiger partial charge in [-0.1, -0.05) is 0 Å². The van der Waals surface area contributed by atoms with Gasteiger partial charge in [0.15, 0.2) is 0 Å². The molecule has 7 heteroatoms. The fourth-order valence-corrected chi connectivity index (χ4v) is 1.52. The summed E-state index contributed by atoms with van der Waals surface area (Å²) < 4.78 is 26.2. The zero-order valence-electron chi connectivity index (χ0n) is 9.19. The number of benzene rings is 1. The van der Waals surface area contributed by atoms with Crippen LogP contribution >= 0.6 is 0 Å². The molecule has 0 aromatic heterocycles. The molecule has 1 atom stereocenters. The fourth-order valence-electron chi connectivity index (χ4n) is 1.52. The van der Waals surface area contributed by atoms with Crippen LogP contribution in [0.4, 0.5) is 13.6 Å². The van der Waals surface area contributed by atoms with Gasteiger partial charge in [0.05, 0.1) is 6.42 Å². The van der Waals surface area contributed by atoms with Crippen molar-refractivity contribution in [2.24, 2.45) is 0 Å². The van der Waals surface area contributed by atoms with Crippen molar-refractivity contribution in [3.8, 4) is 0 Å². The highest BCUT2D eigenvalue weighted by molar-refractivity contribution is 5.70. The summed E-state index contributed by atoms with van der Waals surface area (Å²) in [6.07, 6.45) is -2.16. The molecule has 98 valence electrons. The van der Waals surface area contributed by atoms with Gasteiger partial charge in [-0.3, -0.25) is 4.79 Å². The summed E-state index contributed by atoms with van der Waals surface area (Å²) in [6.45, 7) is 0. The molecule has 0 radical (unpaired) electrons. The maximum Gasteiger partial charge on any atom is 0.404 e. The second-order valence-corrected chi connectivity index (χ2v) is 3.68. The van der Waals surface area contributed by atoms with E-state index in [9.17, 15) is 18.4 Å². The molecule has 18 heavy (non-hydrogen) atoms. The lowest BCUT2D eigenvalue weighted by molar-refractivity contribution is -0.137. The minimum absolute atomic E-state index is 0.0741. The van der Waals surface area contributed by atoms with E-state index < -0.39 is 36.2 Å². The van der Waals surface area contributed by atoms with Crippen LogP contribution in [0, 0.1) is 11.6 Å². The molecule has 1 rings (SSSR count). The largest absolute Gasteiger partial charge is 0.481 e. The lowest BCUT2D eigenvalue weighted by atomic mass is 10.0. The Morgan fingerprint density at radius 2 is 1.94 bits per heavy atom. The van der Waals surface area contributed by atoms with Crippen LogP contribution < -0.4 is 5.32 Å². The SMILES string of the molecule is O=C(O)C[C@@H](Cc1cc(F)ccc1F)NC(=O)O. The molecule has 0 fully saturated rings. The number of hydrogen-bond acceptors (Lipinski definition) is 2. The Labute approximate surface area is 101 Å². The van der Waals surface area contributed by atoms with Crippen LogP contribution in [0.3, 0.4) is 0 Å². The predicted octanol–water partition coefficient (Wildman–Crippen LogP) is 1.62. The molecule has 1 aromatic carbocycles. The third-order valence-corrected chi connectivity index (χ3v) is 2.22. The molecule has 0 aliphatic carbocycles. The van der Waals surface area contributed by atoms with E-state index in [0.29, 0.717) is 0 Å². The number of carboxylic acid groups (broad SMARTS) is 2. The number of hydrogen-bond donors (Lipinski definition) is 3. The minimum atomic E-state index is -1.42. The van der Waals surface area contributed by atoms with Crippen LogP contribution in [-0.2, 0) is 11.2 Å². The summed E-state index contributed by atoms with van der Waals surface area (Å²) in [5.41, 5.74) is -0.0741. The zero-order chi connectivity index (χ0) is 13.7. The number of carbonyl (C=O) groups is 2. The van der Waals surface area contributed by atoms with Gasteiger partial charge in [-0.2, -0.15) is 0 Å². The first-order valence-corrected chi connectivity index (χ1v) is 5.03. The smallest absolute Gasteiger partial charge is 0.404 e. The van der Waals surface area contributed by atoms with E-state index in [-0.39, 0.29) is 12.0 Å². The Hall–Kier alpha value is -2.18. The van der Waals surface area contributed by atoms with E-state index in [1.165, 1.54) is 0 Å². The first kappa shape index (κ1) is 13.9. The molecule has 0 aliphatic rings. The maximum atomic E-state index is 13.3. The number of halogens is 2. The number of aliphatic carboxylic acids is 1. The quantitative estimate of drug-likeness (QED) is 0.749. The average molecular weight is 259 g/mol. The molecule has 3 N–H and O–H groups in total. The van der Waals surface area contributed by atoms with Crippen LogP contribution in [0.5, 0.6) is 0 Å². The summed E-state index contributed by atoms with van der Waals surface area (Å²) in [5, 5.41) is 19.1. The fraction of sp³-hybridized carbons (Fsp3) is 0.273. The van der Waals surface area contributed by atoms with Gasteiger partial charge >= 0.3 is 12.1 Å². The van der Waals surface area contributed by atoms with Crippen LogP contribution in [0.2, 0.25) is 0 Å². The molecule has 1 amide bonds. The summed E-state index contributed by atoms with van der Waals surface area (Å²) in [6, 6.07) is 1.73. The van der Waals surface area contributed by atoms with Crippen molar-refractivity contribution in [3.05, 3.63) is 35.4 Å². The summed E-state index contributed by atoms with van der Waals surface area (Å²) in [5.74, 6) is -2.61. The highest BCUT2D eigenvalue weighted by atomic mass is 19.1. The molecular weight excluding hydrogens is 248 g/mol. The molecule has 0 saturated heterocycles. The Kier molecular flexibility index (Phi) is 4.59. The first-order valence-electron chi connectivity index (χ1n) is 5.03. The van der Waals surface area contributed by atoms with Gasteiger partial charge in [0.25, 0.3) is 0 Å². The molecule has 0 unspecified atom stereocenters. The van der Waals surface area contributed by atoms with Crippen molar-refractivity contribution >= 4 is 12.1 Å². The van der Waals surface area contributed by atoms with E-state index in [1.54, 1.807) is 0 Å². The lowest BCUT2D eigenvalue weighted by Gasteiger charge is -2.15. The Morgan fingerprint density at radius 3 is 2.50 bits per heavy atom. The standard InChI is InChI=1S/C11H11F2NO4/c12-7-1-2-9(13)6(3-7)4-8(5-10(15)16)14-11(17)18/h1-3,8,14H,4-5H2,(H,15,16)(H,17,18)/t8-/m1/s1. The molecule has 0 bridgehead atoms. The van der Waals surface area contributed by atoms with E-state index >= 15 is 0 Å². The molecular formula is C11H11F2NO4. The van der Waals surface area contributed by atoms with Crippen molar-refractivity contribution in [3.63, 3.8) is 0 Å². The summed E-state index contributed by atoms with van der Waals surface area (Å²) in [4.78, 5) is 21.0. The third-order valence-electron chi connectivity index (χ3n) is 2.22. The van der Waals surface area contributed by atoms with Crippen LogP contribution in [0.25, 0.3) is 0 Å². The van der Waals surface area contributed by atoms with Gasteiger partial charge in [0.2, 0.25) is 0 Å². The number of nitrogens with one attached hydrogen (secondary N) is 1.